The van der Waals surface area contributed by atoms with Gasteiger partial charge in [0, 0.05) is 0 Å². The second kappa shape index (κ2) is 5.24. The summed E-state index contributed by atoms with van der Waals surface area (Å²) >= 11 is 0. The zero-order chi connectivity index (χ0) is 12.5. The molecule has 4 atom stereocenters. The third kappa shape index (κ3) is 2.91. The van der Waals surface area contributed by atoms with E-state index >= 15 is 0 Å². The van der Waals surface area contributed by atoms with Crippen LogP contribution in [-0.4, -0.2) is 5.66 Å². The Kier molecular flexibility index (Phi) is 4.67. The van der Waals surface area contributed by atoms with Crippen molar-refractivity contribution >= 4 is 8.04 Å². The van der Waals surface area contributed by atoms with Crippen LogP contribution in [-0.2, 0) is 0 Å². The van der Waals surface area contributed by atoms with Gasteiger partial charge < -0.3 is 0 Å². The fourth-order valence-corrected chi connectivity index (χ4v) is 4.29. The molecular formula is C15H28P+. The molecule has 0 aromatic heterocycles. The van der Waals surface area contributed by atoms with Crippen molar-refractivity contribution in [2.75, 3.05) is 0 Å². The minimum absolute atomic E-state index is 0.288. The van der Waals surface area contributed by atoms with Crippen LogP contribution >= 0.6 is 8.04 Å². The molecule has 4 unspecified atom stereocenters. The predicted molar refractivity (Wildman–Crippen MR) is 75.3 cm³/mol. The molecule has 0 aromatic rings. The third-order valence-corrected chi connectivity index (χ3v) is 6.94. The van der Waals surface area contributed by atoms with Gasteiger partial charge >= 0.3 is 103 Å². The molecule has 0 N–H and O–H groups in total. The first-order chi connectivity index (χ1) is 7.30. The Morgan fingerprint density at radius 1 is 0.938 bits per heavy atom. The summed E-state index contributed by atoms with van der Waals surface area (Å²) in [5, 5.41) is 0. The van der Waals surface area contributed by atoms with Gasteiger partial charge in [0.2, 0.25) is 0 Å². The molecule has 1 rings (SSSR count). The third-order valence-electron chi connectivity index (χ3n) is 4.97. The van der Waals surface area contributed by atoms with E-state index in [0.717, 1.165) is 29.3 Å². The molecule has 0 saturated heterocycles. The van der Waals surface area contributed by atoms with Crippen LogP contribution in [0.3, 0.4) is 0 Å². The van der Waals surface area contributed by atoms with Crippen LogP contribution in [0, 0.1) is 34.7 Å². The fraction of sp³-hybridized carbons (Fsp3) is 0.933. The van der Waals surface area contributed by atoms with Crippen LogP contribution in [0.4, 0.5) is 0 Å². The summed E-state index contributed by atoms with van der Waals surface area (Å²) in [6, 6.07) is 0. The van der Waals surface area contributed by atoms with Crippen molar-refractivity contribution in [1.82, 2.24) is 0 Å². The van der Waals surface area contributed by atoms with Gasteiger partial charge in [-0.3, -0.25) is 0 Å². The van der Waals surface area contributed by atoms with E-state index in [0.29, 0.717) is 0 Å². The topological polar surface area (TPSA) is 0 Å². The van der Waals surface area contributed by atoms with Crippen molar-refractivity contribution in [2.45, 2.75) is 60.5 Å². The molecule has 0 spiro atoms. The summed E-state index contributed by atoms with van der Waals surface area (Å²) in [4.78, 5) is 0. The van der Waals surface area contributed by atoms with Crippen LogP contribution in [0.2, 0.25) is 0 Å². The first-order valence-electron chi connectivity index (χ1n) is 6.77. The SMILES string of the molecule is CCC(C)(C)C#[P+]C1C(C)C(C)C(C)C1C. The van der Waals surface area contributed by atoms with Gasteiger partial charge in [-0.05, 0) is 0 Å². The molecule has 16 heavy (non-hydrogen) atoms. The van der Waals surface area contributed by atoms with Crippen molar-refractivity contribution in [3.05, 3.63) is 0 Å². The van der Waals surface area contributed by atoms with Gasteiger partial charge in [0.25, 0.3) is 0 Å². The molecular weight excluding hydrogens is 211 g/mol. The van der Waals surface area contributed by atoms with Gasteiger partial charge in [-0.2, -0.15) is 0 Å². The Labute approximate surface area is 104 Å². The van der Waals surface area contributed by atoms with Crippen molar-refractivity contribution in [1.29, 1.82) is 0 Å². The van der Waals surface area contributed by atoms with Gasteiger partial charge in [0.1, 0.15) is 0 Å². The van der Waals surface area contributed by atoms with Crippen LogP contribution < -0.4 is 0 Å². The van der Waals surface area contributed by atoms with E-state index in [1.54, 1.807) is 0 Å². The van der Waals surface area contributed by atoms with Crippen molar-refractivity contribution in [2.24, 2.45) is 29.1 Å². The molecule has 0 nitrogen and oxygen atoms in total. The van der Waals surface area contributed by atoms with Crippen LogP contribution in [0.15, 0.2) is 0 Å². The Morgan fingerprint density at radius 2 is 1.38 bits per heavy atom. The minimum atomic E-state index is 0.288. The zero-order valence-electron chi connectivity index (χ0n) is 12.0. The van der Waals surface area contributed by atoms with Gasteiger partial charge in [-0.15, -0.1) is 0 Å². The molecule has 0 aromatic carbocycles. The van der Waals surface area contributed by atoms with Gasteiger partial charge in [-0.25, -0.2) is 0 Å². The van der Waals surface area contributed by atoms with Crippen molar-refractivity contribution in [3.8, 4) is 5.63 Å². The maximum atomic E-state index is 3.72. The van der Waals surface area contributed by atoms with E-state index in [-0.39, 0.29) is 5.41 Å². The standard InChI is InChI=1S/C15H28P/c1-8-15(6,7)9-16-14-12(4)10(2)11(3)13(14)5/h10-14H,8H2,1-7H3/q+1. The number of hydrogen-bond donors (Lipinski definition) is 0. The van der Waals surface area contributed by atoms with Gasteiger partial charge in [0.15, 0.2) is 0 Å². The van der Waals surface area contributed by atoms with E-state index in [1.807, 2.05) is 0 Å². The Balaban J connectivity index is 2.82. The summed E-state index contributed by atoms with van der Waals surface area (Å²) in [5.41, 5.74) is 4.84. The summed E-state index contributed by atoms with van der Waals surface area (Å²) in [5.74, 6) is 3.46. The molecule has 0 bridgehead atoms. The average molecular weight is 239 g/mol. The van der Waals surface area contributed by atoms with Crippen molar-refractivity contribution < 1.29 is 0 Å². The molecule has 1 aliphatic carbocycles. The van der Waals surface area contributed by atoms with Crippen LogP contribution in [0.1, 0.15) is 54.9 Å². The van der Waals surface area contributed by atoms with E-state index in [4.69, 9.17) is 0 Å². The first-order valence-corrected chi connectivity index (χ1v) is 7.73. The summed E-state index contributed by atoms with van der Waals surface area (Å²) < 4.78 is 0. The normalized spacial score (nSPS) is 39.6. The molecule has 1 fully saturated rings. The number of rotatable bonds is 1. The molecule has 0 aliphatic heterocycles. The van der Waals surface area contributed by atoms with E-state index in [2.05, 4.69) is 54.1 Å². The fourth-order valence-electron chi connectivity index (χ4n) is 2.62. The number of hydrogen-bond acceptors (Lipinski definition) is 0. The molecule has 1 aliphatic rings. The average Bonchev–Trinajstić information content (AvgIpc) is 2.42. The molecule has 92 valence electrons. The van der Waals surface area contributed by atoms with E-state index in [9.17, 15) is 0 Å². The Bertz CT molecular complexity index is 280. The second-order valence-electron chi connectivity index (χ2n) is 6.41. The van der Waals surface area contributed by atoms with Crippen molar-refractivity contribution in [3.63, 3.8) is 0 Å². The maximum absolute atomic E-state index is 3.72. The molecule has 0 heterocycles. The molecule has 1 heteroatoms. The zero-order valence-corrected chi connectivity index (χ0v) is 12.9. The summed E-state index contributed by atoms with van der Waals surface area (Å²) in [7, 11) is 1.46. The van der Waals surface area contributed by atoms with Gasteiger partial charge in [0.05, 0.1) is 0 Å². The quantitative estimate of drug-likeness (QED) is 0.548. The van der Waals surface area contributed by atoms with E-state index in [1.165, 1.54) is 14.5 Å². The van der Waals surface area contributed by atoms with Crippen LogP contribution in [0.25, 0.3) is 0 Å². The summed E-state index contributed by atoms with van der Waals surface area (Å²) in [6.07, 6.45) is 1.20. The molecule has 1 saturated carbocycles. The van der Waals surface area contributed by atoms with Gasteiger partial charge in [-0.1, -0.05) is 0 Å². The summed E-state index contributed by atoms with van der Waals surface area (Å²) in [6.45, 7) is 16.6. The van der Waals surface area contributed by atoms with E-state index < -0.39 is 0 Å². The Hall–Kier alpha value is 0.210. The second-order valence-corrected chi connectivity index (χ2v) is 7.48. The monoisotopic (exact) mass is 239 g/mol. The van der Waals surface area contributed by atoms with Crippen LogP contribution in [0.5, 0.6) is 0 Å². The Morgan fingerprint density at radius 3 is 1.75 bits per heavy atom. The molecule has 0 radical (unpaired) electrons. The first kappa shape index (κ1) is 14.3. The predicted octanol–water partition coefficient (Wildman–Crippen LogP) is 5.25. The molecule has 0 amide bonds.